The fourth-order valence-corrected chi connectivity index (χ4v) is 3.60. The van der Waals surface area contributed by atoms with Crippen molar-refractivity contribution < 1.29 is 14.3 Å². The fourth-order valence-electron chi connectivity index (χ4n) is 2.70. The van der Waals surface area contributed by atoms with Crippen LogP contribution in [0.4, 0.5) is 5.13 Å². The SMILES string of the molecule is COc1ccc2nc(NC(=O)[C@H]3CC(=O)N(C(C)C)C3)sc2c1. The van der Waals surface area contributed by atoms with Gasteiger partial charge in [0.1, 0.15) is 5.75 Å². The molecule has 0 spiro atoms. The van der Waals surface area contributed by atoms with Crippen molar-refractivity contribution in [3.05, 3.63) is 18.2 Å². The van der Waals surface area contributed by atoms with E-state index in [2.05, 4.69) is 10.3 Å². The standard InChI is InChI=1S/C16H19N3O3S/c1-9(2)19-8-10(6-14(19)20)15(21)18-16-17-12-5-4-11(22-3)7-13(12)23-16/h4-5,7,9-10H,6,8H2,1-3H3,(H,17,18,21)/t10-/m0/s1. The van der Waals surface area contributed by atoms with Crippen molar-refractivity contribution in [1.29, 1.82) is 0 Å². The molecule has 1 aromatic carbocycles. The summed E-state index contributed by atoms with van der Waals surface area (Å²) in [5.41, 5.74) is 0.817. The molecule has 1 saturated heterocycles. The first-order valence-corrected chi connectivity index (χ1v) is 8.34. The minimum atomic E-state index is -0.313. The van der Waals surface area contributed by atoms with Crippen LogP contribution in [0.15, 0.2) is 18.2 Å². The zero-order valence-corrected chi connectivity index (χ0v) is 14.1. The van der Waals surface area contributed by atoms with Crippen molar-refractivity contribution in [1.82, 2.24) is 9.88 Å². The third kappa shape index (κ3) is 3.14. The number of likely N-dealkylation sites (tertiary alicyclic amines) is 1. The van der Waals surface area contributed by atoms with Gasteiger partial charge in [0.15, 0.2) is 5.13 Å². The van der Waals surface area contributed by atoms with Crippen LogP contribution in [0.3, 0.4) is 0 Å². The van der Waals surface area contributed by atoms with Crippen LogP contribution in [0.25, 0.3) is 10.2 Å². The largest absolute Gasteiger partial charge is 0.497 e. The van der Waals surface area contributed by atoms with Crippen LogP contribution in [0, 0.1) is 5.92 Å². The highest BCUT2D eigenvalue weighted by Crippen LogP contribution is 2.30. The topological polar surface area (TPSA) is 71.5 Å². The lowest BCUT2D eigenvalue weighted by Crippen LogP contribution is -2.33. The number of amides is 2. The summed E-state index contributed by atoms with van der Waals surface area (Å²) in [5, 5.41) is 3.39. The van der Waals surface area contributed by atoms with Crippen molar-refractivity contribution in [2.75, 3.05) is 19.0 Å². The van der Waals surface area contributed by atoms with E-state index in [-0.39, 0.29) is 30.2 Å². The molecule has 0 radical (unpaired) electrons. The highest BCUT2D eigenvalue weighted by atomic mass is 32.1. The summed E-state index contributed by atoms with van der Waals surface area (Å²) in [6, 6.07) is 5.71. The lowest BCUT2D eigenvalue weighted by atomic mass is 10.1. The van der Waals surface area contributed by atoms with Crippen LogP contribution < -0.4 is 10.1 Å². The van der Waals surface area contributed by atoms with Gasteiger partial charge in [0.25, 0.3) is 0 Å². The molecule has 122 valence electrons. The van der Waals surface area contributed by atoms with E-state index < -0.39 is 0 Å². The van der Waals surface area contributed by atoms with Gasteiger partial charge in [-0.15, -0.1) is 0 Å². The van der Waals surface area contributed by atoms with Gasteiger partial charge in [-0.2, -0.15) is 0 Å². The van der Waals surface area contributed by atoms with Gasteiger partial charge in [0.05, 0.1) is 23.2 Å². The molecule has 0 saturated carbocycles. The number of hydrogen-bond acceptors (Lipinski definition) is 5. The summed E-state index contributed by atoms with van der Waals surface area (Å²) >= 11 is 1.40. The molecule has 1 aliphatic heterocycles. The molecular weight excluding hydrogens is 314 g/mol. The molecular formula is C16H19N3O3S. The number of carbonyl (C=O) groups excluding carboxylic acids is 2. The smallest absolute Gasteiger partial charge is 0.231 e. The van der Waals surface area contributed by atoms with Crippen LogP contribution in [0.2, 0.25) is 0 Å². The van der Waals surface area contributed by atoms with Gasteiger partial charge in [0.2, 0.25) is 11.8 Å². The zero-order valence-electron chi connectivity index (χ0n) is 13.3. The highest BCUT2D eigenvalue weighted by Gasteiger charge is 2.35. The number of nitrogens with one attached hydrogen (secondary N) is 1. The number of fused-ring (bicyclic) bond motifs is 1. The summed E-state index contributed by atoms with van der Waals surface area (Å²) in [6.45, 7) is 4.39. The van der Waals surface area contributed by atoms with Crippen LogP contribution in [-0.2, 0) is 9.59 Å². The monoisotopic (exact) mass is 333 g/mol. The van der Waals surface area contributed by atoms with E-state index in [1.165, 1.54) is 11.3 Å². The van der Waals surface area contributed by atoms with E-state index in [1.54, 1.807) is 12.0 Å². The molecule has 2 amide bonds. The van der Waals surface area contributed by atoms with E-state index in [0.29, 0.717) is 11.7 Å². The number of benzene rings is 1. The van der Waals surface area contributed by atoms with Crippen molar-refractivity contribution in [3.8, 4) is 5.75 Å². The van der Waals surface area contributed by atoms with E-state index in [9.17, 15) is 9.59 Å². The summed E-state index contributed by atoms with van der Waals surface area (Å²) < 4.78 is 6.14. The lowest BCUT2D eigenvalue weighted by Gasteiger charge is -2.20. The molecule has 1 N–H and O–H groups in total. The first-order valence-electron chi connectivity index (χ1n) is 7.53. The molecule has 0 bridgehead atoms. The molecule has 3 rings (SSSR count). The van der Waals surface area contributed by atoms with E-state index in [4.69, 9.17) is 4.74 Å². The summed E-state index contributed by atoms with van der Waals surface area (Å²) in [6.07, 6.45) is 0.267. The van der Waals surface area contributed by atoms with Crippen LogP contribution in [-0.4, -0.2) is 41.4 Å². The Kier molecular flexibility index (Phi) is 4.21. The summed E-state index contributed by atoms with van der Waals surface area (Å²) in [5.74, 6) is 0.334. The van der Waals surface area contributed by atoms with E-state index >= 15 is 0 Å². The number of ether oxygens (including phenoxy) is 1. The lowest BCUT2D eigenvalue weighted by molar-refractivity contribution is -0.129. The molecule has 23 heavy (non-hydrogen) atoms. The van der Waals surface area contributed by atoms with Crippen molar-refractivity contribution in [2.24, 2.45) is 5.92 Å². The normalized spacial score (nSPS) is 18.0. The Morgan fingerprint density at radius 1 is 1.48 bits per heavy atom. The number of rotatable bonds is 4. The van der Waals surface area contributed by atoms with Crippen molar-refractivity contribution in [3.63, 3.8) is 0 Å². The van der Waals surface area contributed by atoms with Gasteiger partial charge < -0.3 is 15.0 Å². The van der Waals surface area contributed by atoms with Crippen LogP contribution in [0.1, 0.15) is 20.3 Å². The first-order chi connectivity index (χ1) is 11.0. The Hall–Kier alpha value is -2.15. The number of methoxy groups -OCH3 is 1. The maximum Gasteiger partial charge on any atom is 0.231 e. The number of nitrogens with zero attached hydrogens (tertiary/aromatic N) is 2. The molecule has 0 aliphatic carbocycles. The molecule has 1 aromatic heterocycles. The van der Waals surface area contributed by atoms with Gasteiger partial charge in [-0.3, -0.25) is 9.59 Å². The maximum absolute atomic E-state index is 12.4. The number of aromatic nitrogens is 1. The van der Waals surface area contributed by atoms with Gasteiger partial charge >= 0.3 is 0 Å². The second kappa shape index (κ2) is 6.16. The fraction of sp³-hybridized carbons (Fsp3) is 0.438. The molecule has 0 unspecified atom stereocenters. The van der Waals surface area contributed by atoms with Crippen molar-refractivity contribution >= 4 is 38.5 Å². The average molecular weight is 333 g/mol. The van der Waals surface area contributed by atoms with Gasteiger partial charge in [-0.1, -0.05) is 11.3 Å². The molecule has 7 heteroatoms. The number of thiazole rings is 1. The first kappa shape index (κ1) is 15.7. The molecule has 1 atom stereocenters. The summed E-state index contributed by atoms with van der Waals surface area (Å²) in [4.78, 5) is 30.4. The molecule has 2 heterocycles. The Labute approximate surface area is 138 Å². The van der Waals surface area contributed by atoms with Crippen LogP contribution >= 0.6 is 11.3 Å². The predicted octanol–water partition coefficient (Wildman–Crippen LogP) is 2.50. The zero-order chi connectivity index (χ0) is 16.6. The molecule has 6 nitrogen and oxygen atoms in total. The third-order valence-electron chi connectivity index (χ3n) is 3.98. The maximum atomic E-state index is 12.4. The third-order valence-corrected chi connectivity index (χ3v) is 4.91. The minimum absolute atomic E-state index is 0.0363. The van der Waals surface area contributed by atoms with Gasteiger partial charge in [0, 0.05) is 19.0 Å². The number of hydrogen-bond donors (Lipinski definition) is 1. The molecule has 1 fully saturated rings. The second-order valence-corrected chi connectivity index (χ2v) is 6.91. The average Bonchev–Trinajstić information content (AvgIpc) is 3.09. The van der Waals surface area contributed by atoms with Crippen LogP contribution in [0.5, 0.6) is 5.75 Å². The van der Waals surface area contributed by atoms with E-state index in [1.807, 2.05) is 32.0 Å². The van der Waals surface area contributed by atoms with E-state index in [0.717, 1.165) is 16.0 Å². The second-order valence-electron chi connectivity index (χ2n) is 5.88. The Balaban J connectivity index is 1.72. The number of anilines is 1. The molecule has 1 aliphatic rings. The Morgan fingerprint density at radius 3 is 2.91 bits per heavy atom. The van der Waals surface area contributed by atoms with Crippen molar-refractivity contribution in [2.45, 2.75) is 26.3 Å². The van der Waals surface area contributed by atoms with Gasteiger partial charge in [-0.05, 0) is 32.0 Å². The Morgan fingerprint density at radius 2 is 2.26 bits per heavy atom. The molecule has 2 aromatic rings. The predicted molar refractivity (Wildman–Crippen MR) is 89.8 cm³/mol. The highest BCUT2D eigenvalue weighted by molar-refractivity contribution is 7.22. The quantitative estimate of drug-likeness (QED) is 0.933. The number of carbonyl (C=O) groups is 2. The summed E-state index contributed by atoms with van der Waals surface area (Å²) in [7, 11) is 1.61. The Bertz CT molecular complexity index is 756. The minimum Gasteiger partial charge on any atom is -0.497 e. The van der Waals surface area contributed by atoms with Gasteiger partial charge in [-0.25, -0.2) is 4.98 Å².